The second kappa shape index (κ2) is 8.39. The summed E-state index contributed by atoms with van der Waals surface area (Å²) in [6, 6.07) is 7.34. The van der Waals surface area contributed by atoms with E-state index in [0.717, 1.165) is 18.4 Å². The van der Waals surface area contributed by atoms with Gasteiger partial charge < -0.3 is 5.32 Å². The first-order valence-electron chi connectivity index (χ1n) is 6.19. The van der Waals surface area contributed by atoms with Crippen molar-refractivity contribution in [2.24, 2.45) is 5.92 Å². The summed E-state index contributed by atoms with van der Waals surface area (Å²) in [5.74, 6) is 1.24. The summed E-state index contributed by atoms with van der Waals surface area (Å²) in [4.78, 5) is 11.6. The number of hydrogen-bond acceptors (Lipinski definition) is 1. The molecule has 1 aromatic carbocycles. The van der Waals surface area contributed by atoms with Crippen molar-refractivity contribution < 1.29 is 4.79 Å². The van der Waals surface area contributed by atoms with E-state index in [2.05, 4.69) is 12.2 Å². The smallest absolute Gasteiger partial charge is 0.224 e. The fraction of sp³-hybridized carbons (Fsp3) is 0.500. The molecule has 0 fully saturated rings. The summed E-state index contributed by atoms with van der Waals surface area (Å²) < 4.78 is 0. The molecule has 2 nitrogen and oxygen atoms in total. The molecular formula is C14H19Cl2NO. The average molecular weight is 288 g/mol. The third kappa shape index (κ3) is 6.27. The second-order valence-corrected chi connectivity index (χ2v) is 5.30. The molecule has 0 aliphatic carbocycles. The van der Waals surface area contributed by atoms with Crippen molar-refractivity contribution in [2.75, 3.05) is 12.4 Å². The normalized spacial score (nSPS) is 12.2. The van der Waals surface area contributed by atoms with Gasteiger partial charge in [0.15, 0.2) is 0 Å². The zero-order chi connectivity index (χ0) is 13.4. The van der Waals surface area contributed by atoms with Gasteiger partial charge in [-0.25, -0.2) is 0 Å². The lowest BCUT2D eigenvalue weighted by atomic mass is 10.1. The topological polar surface area (TPSA) is 29.1 Å². The molecule has 0 radical (unpaired) electrons. The maximum atomic E-state index is 11.6. The van der Waals surface area contributed by atoms with Crippen LogP contribution in [-0.4, -0.2) is 18.3 Å². The van der Waals surface area contributed by atoms with Crippen LogP contribution in [0, 0.1) is 5.92 Å². The zero-order valence-corrected chi connectivity index (χ0v) is 12.1. The molecule has 0 aliphatic heterocycles. The first-order chi connectivity index (χ1) is 8.61. The fourth-order valence-electron chi connectivity index (χ4n) is 1.61. The molecule has 0 saturated carbocycles. The van der Waals surface area contributed by atoms with Crippen LogP contribution in [-0.2, 0) is 11.2 Å². The van der Waals surface area contributed by atoms with E-state index in [4.69, 9.17) is 23.2 Å². The van der Waals surface area contributed by atoms with Crippen molar-refractivity contribution in [3.05, 3.63) is 34.9 Å². The van der Waals surface area contributed by atoms with Crippen molar-refractivity contribution in [2.45, 2.75) is 26.2 Å². The quantitative estimate of drug-likeness (QED) is 0.602. The predicted molar refractivity (Wildman–Crippen MR) is 77.3 cm³/mol. The van der Waals surface area contributed by atoms with Crippen molar-refractivity contribution in [3.63, 3.8) is 0 Å². The van der Waals surface area contributed by atoms with Gasteiger partial charge in [-0.3, -0.25) is 4.79 Å². The van der Waals surface area contributed by atoms with E-state index in [1.54, 1.807) is 12.1 Å². The summed E-state index contributed by atoms with van der Waals surface area (Å²) in [5.41, 5.74) is 0.978. The monoisotopic (exact) mass is 287 g/mol. The third-order valence-electron chi connectivity index (χ3n) is 2.74. The van der Waals surface area contributed by atoms with Gasteiger partial charge in [0.25, 0.3) is 0 Å². The Balaban J connectivity index is 2.19. The van der Waals surface area contributed by atoms with Gasteiger partial charge in [0.2, 0.25) is 5.91 Å². The van der Waals surface area contributed by atoms with Gasteiger partial charge in [-0.15, -0.1) is 11.6 Å². The van der Waals surface area contributed by atoms with E-state index in [1.165, 1.54) is 0 Å². The summed E-state index contributed by atoms with van der Waals surface area (Å²) in [6.07, 6.45) is 2.42. The molecule has 0 aromatic heterocycles. The van der Waals surface area contributed by atoms with Crippen LogP contribution in [0.5, 0.6) is 0 Å². The molecule has 0 spiro atoms. The van der Waals surface area contributed by atoms with Crippen LogP contribution in [0.15, 0.2) is 24.3 Å². The molecule has 0 heterocycles. The summed E-state index contributed by atoms with van der Waals surface area (Å²) in [6.45, 7) is 2.83. The molecule has 100 valence electrons. The highest BCUT2D eigenvalue weighted by molar-refractivity contribution is 6.30. The number of nitrogens with one attached hydrogen (secondary N) is 1. The lowest BCUT2D eigenvalue weighted by Crippen LogP contribution is -2.26. The SMILES string of the molecule is CC(CCl)CCCNC(=O)Cc1ccc(Cl)cc1. The molecule has 1 amide bonds. The zero-order valence-electron chi connectivity index (χ0n) is 10.6. The van der Waals surface area contributed by atoms with E-state index < -0.39 is 0 Å². The number of amides is 1. The minimum Gasteiger partial charge on any atom is -0.356 e. The minimum absolute atomic E-state index is 0.0517. The summed E-state index contributed by atoms with van der Waals surface area (Å²) in [7, 11) is 0. The molecule has 4 heteroatoms. The molecule has 0 aliphatic rings. The molecule has 18 heavy (non-hydrogen) atoms. The Hall–Kier alpha value is -0.730. The summed E-state index contributed by atoms with van der Waals surface area (Å²) >= 11 is 11.5. The fourth-order valence-corrected chi connectivity index (χ4v) is 1.89. The van der Waals surface area contributed by atoms with Crippen molar-refractivity contribution in [3.8, 4) is 0 Å². The van der Waals surface area contributed by atoms with E-state index in [-0.39, 0.29) is 5.91 Å². The van der Waals surface area contributed by atoms with Crippen molar-refractivity contribution >= 4 is 29.1 Å². The average Bonchev–Trinajstić information content (AvgIpc) is 2.37. The van der Waals surface area contributed by atoms with E-state index in [9.17, 15) is 4.79 Å². The number of halogens is 2. The number of rotatable bonds is 7. The molecule has 1 N–H and O–H groups in total. The van der Waals surface area contributed by atoms with Crippen molar-refractivity contribution in [1.29, 1.82) is 0 Å². The Morgan fingerprint density at radius 2 is 2.00 bits per heavy atom. The second-order valence-electron chi connectivity index (χ2n) is 4.55. The molecule has 1 rings (SSSR count). The molecule has 1 atom stereocenters. The first-order valence-corrected chi connectivity index (χ1v) is 7.10. The lowest BCUT2D eigenvalue weighted by molar-refractivity contribution is -0.120. The van der Waals surface area contributed by atoms with Crippen LogP contribution in [0.25, 0.3) is 0 Å². The predicted octanol–water partition coefficient (Wildman–Crippen LogP) is 3.65. The van der Waals surface area contributed by atoms with Gasteiger partial charge in [-0.05, 0) is 36.5 Å². The van der Waals surface area contributed by atoms with Gasteiger partial charge in [0.1, 0.15) is 0 Å². The molecule has 0 bridgehead atoms. The maximum absolute atomic E-state index is 11.6. The number of alkyl halides is 1. The van der Waals surface area contributed by atoms with E-state index in [1.807, 2.05) is 12.1 Å². The standard InChI is InChI=1S/C14H19Cl2NO/c1-11(10-15)3-2-8-17-14(18)9-12-4-6-13(16)7-5-12/h4-7,11H,2-3,8-10H2,1H3,(H,17,18). The highest BCUT2D eigenvalue weighted by Gasteiger charge is 2.04. The van der Waals surface area contributed by atoms with E-state index >= 15 is 0 Å². The Morgan fingerprint density at radius 3 is 2.61 bits per heavy atom. The van der Waals surface area contributed by atoms with Crippen LogP contribution in [0.2, 0.25) is 5.02 Å². The van der Waals surface area contributed by atoms with Gasteiger partial charge in [-0.1, -0.05) is 30.7 Å². The lowest BCUT2D eigenvalue weighted by Gasteiger charge is -2.08. The Labute approximate surface area is 119 Å². The largest absolute Gasteiger partial charge is 0.356 e. The van der Waals surface area contributed by atoms with Crippen LogP contribution < -0.4 is 5.32 Å². The van der Waals surface area contributed by atoms with Crippen LogP contribution in [0.4, 0.5) is 0 Å². The van der Waals surface area contributed by atoms with Gasteiger partial charge >= 0.3 is 0 Å². The summed E-state index contributed by atoms with van der Waals surface area (Å²) in [5, 5.41) is 3.60. The van der Waals surface area contributed by atoms with Crippen LogP contribution >= 0.6 is 23.2 Å². The molecule has 0 saturated heterocycles. The molecular weight excluding hydrogens is 269 g/mol. The molecule has 1 aromatic rings. The van der Waals surface area contributed by atoms with Crippen molar-refractivity contribution in [1.82, 2.24) is 5.32 Å². The number of carbonyl (C=O) groups is 1. The van der Waals surface area contributed by atoms with Gasteiger partial charge in [0, 0.05) is 17.4 Å². The Bertz CT molecular complexity index is 365. The maximum Gasteiger partial charge on any atom is 0.224 e. The minimum atomic E-state index is 0.0517. The number of hydrogen-bond donors (Lipinski definition) is 1. The van der Waals surface area contributed by atoms with Crippen LogP contribution in [0.3, 0.4) is 0 Å². The van der Waals surface area contributed by atoms with Gasteiger partial charge in [-0.2, -0.15) is 0 Å². The Kier molecular flexibility index (Phi) is 7.14. The highest BCUT2D eigenvalue weighted by atomic mass is 35.5. The highest BCUT2D eigenvalue weighted by Crippen LogP contribution is 2.10. The molecule has 1 unspecified atom stereocenters. The first kappa shape index (κ1) is 15.3. The number of benzene rings is 1. The van der Waals surface area contributed by atoms with Gasteiger partial charge in [0.05, 0.1) is 6.42 Å². The van der Waals surface area contributed by atoms with E-state index in [0.29, 0.717) is 29.8 Å². The Morgan fingerprint density at radius 1 is 1.33 bits per heavy atom. The number of carbonyl (C=O) groups excluding carboxylic acids is 1. The third-order valence-corrected chi connectivity index (χ3v) is 3.52. The van der Waals surface area contributed by atoms with Crippen LogP contribution in [0.1, 0.15) is 25.3 Å².